The molecule has 133 heavy (non-hydrogen) atoms. The van der Waals surface area contributed by atoms with Gasteiger partial charge in [0.25, 0.3) is 6.43 Å². The van der Waals surface area contributed by atoms with Gasteiger partial charge in [-0.3, -0.25) is 28.1 Å². The second-order valence-electron chi connectivity index (χ2n) is 36.7. The molecule has 24 rings (SSSR count). The first-order valence-corrected chi connectivity index (χ1v) is 45.9. The number of nitrogen functional groups attached to an aromatic ring is 4. The van der Waals surface area contributed by atoms with E-state index in [4.69, 9.17) is 79.0 Å². The SMILES string of the molecule is C[C@H]1Oc2cc(cnc2N)-c2c(cnn2C2CCC2)Cc2cnn(C)c2-c2ccc(F)cc21.Cc1ccc2c(c1)COc1cc(cnc1N)-c1c(cnn1CC1CC1)Cc1cc(C(F)F)nn1-2.Cc1ccc2c(c1)COc1cc(cnc1N)-c1c(cnn1CC1CC1)Cc1cc(C)nn1-2.Cc1ccc2c(c1)[C@@H](C)Oc1cc(cnc1N)-c1c(c(Cl)nn1CC1CC1)Cc1cn(C)nc1-2. The molecule has 0 radical (unpaired) electrons. The summed E-state index contributed by atoms with van der Waals surface area (Å²) in [6.07, 6.45) is 26.7. The minimum atomic E-state index is -2.67. The Morgan fingerprint density at radius 1 is 0.444 bits per heavy atom. The maximum atomic E-state index is 14.3. The highest BCUT2D eigenvalue weighted by Crippen LogP contribution is 2.47. The van der Waals surface area contributed by atoms with Crippen LogP contribution in [-0.4, -0.2) is 98.2 Å². The van der Waals surface area contributed by atoms with E-state index in [0.29, 0.717) is 112 Å². The Labute approximate surface area is 771 Å². The van der Waals surface area contributed by atoms with Crippen molar-refractivity contribution in [2.24, 2.45) is 31.8 Å². The third-order valence-corrected chi connectivity index (χ3v) is 26.7. The number of rotatable bonds is 8. The van der Waals surface area contributed by atoms with E-state index >= 15 is 0 Å². The molecule has 0 spiro atoms. The summed E-state index contributed by atoms with van der Waals surface area (Å²) in [7, 11) is 3.86. The molecule has 8 bridgehead atoms. The van der Waals surface area contributed by atoms with Crippen LogP contribution in [0.4, 0.5) is 36.4 Å². The van der Waals surface area contributed by atoms with Crippen LogP contribution >= 0.6 is 11.6 Å². The smallest absolute Gasteiger partial charge is 0.282 e. The van der Waals surface area contributed by atoms with Gasteiger partial charge in [0, 0.05) is 191 Å². The predicted octanol–water partition coefficient (Wildman–Crippen LogP) is 19.3. The van der Waals surface area contributed by atoms with E-state index in [1.807, 2.05) is 139 Å². The summed E-state index contributed by atoms with van der Waals surface area (Å²) >= 11 is 6.78. The average molecular weight is 1810 g/mol. The fourth-order valence-electron chi connectivity index (χ4n) is 18.9. The third kappa shape index (κ3) is 17.2. The van der Waals surface area contributed by atoms with E-state index in [2.05, 4.69) is 107 Å². The molecule has 2 atom stereocenters. The van der Waals surface area contributed by atoms with Crippen LogP contribution in [0.3, 0.4) is 0 Å². The van der Waals surface area contributed by atoms with Gasteiger partial charge in [-0.25, -0.2) is 42.5 Å². The van der Waals surface area contributed by atoms with Crippen LogP contribution < -0.4 is 41.9 Å². The molecular weight excluding hydrogens is 1710 g/mol. The number of halogens is 4. The van der Waals surface area contributed by atoms with Gasteiger partial charge in [0.05, 0.1) is 82.1 Å². The lowest BCUT2D eigenvalue weighted by atomic mass is 9.91. The number of hydrogen-bond donors (Lipinski definition) is 4. The van der Waals surface area contributed by atoms with Gasteiger partial charge >= 0.3 is 0 Å². The summed E-state index contributed by atoms with van der Waals surface area (Å²) in [5.41, 5.74) is 53.8. The zero-order chi connectivity index (χ0) is 91.5. The largest absolute Gasteiger partial charge is 0.485 e. The van der Waals surface area contributed by atoms with Crippen molar-refractivity contribution in [1.82, 2.24) is 98.2 Å². The Hall–Kier alpha value is -14.4. The lowest BCUT2D eigenvalue weighted by Gasteiger charge is -2.28. The van der Waals surface area contributed by atoms with Crippen molar-refractivity contribution in [3.05, 3.63) is 271 Å². The van der Waals surface area contributed by atoms with Crippen LogP contribution in [0.15, 0.2) is 165 Å². The molecule has 4 aliphatic heterocycles. The van der Waals surface area contributed by atoms with Crippen LogP contribution in [-0.2, 0) is 72.6 Å². The molecule has 16 heterocycles. The molecule has 4 fully saturated rings. The van der Waals surface area contributed by atoms with Gasteiger partial charge in [-0.1, -0.05) is 70.8 Å². The van der Waals surface area contributed by atoms with E-state index in [1.54, 1.807) is 29.3 Å². The highest BCUT2D eigenvalue weighted by Gasteiger charge is 2.35. The molecule has 0 saturated heterocycles. The minimum Gasteiger partial charge on any atom is -0.485 e. The van der Waals surface area contributed by atoms with Crippen LogP contribution in [0.5, 0.6) is 23.0 Å². The fourth-order valence-corrected chi connectivity index (χ4v) is 19.1. The maximum Gasteiger partial charge on any atom is 0.282 e. The van der Waals surface area contributed by atoms with Gasteiger partial charge in [0.15, 0.2) is 51.4 Å². The quantitative estimate of drug-likeness (QED) is 0.110. The molecule has 32 heteroatoms. The van der Waals surface area contributed by atoms with Crippen molar-refractivity contribution in [3.8, 4) is 102 Å². The van der Waals surface area contributed by atoms with Crippen molar-refractivity contribution in [2.45, 2.75) is 183 Å². The van der Waals surface area contributed by atoms with E-state index in [0.717, 1.165) is 190 Å². The van der Waals surface area contributed by atoms with E-state index < -0.39 is 12.5 Å². The number of hydrogen-bond acceptors (Lipinski definition) is 20. The Morgan fingerprint density at radius 2 is 0.925 bits per heavy atom. The molecule has 8 N–H and O–H groups in total. The molecule has 0 unspecified atom stereocenters. The summed E-state index contributed by atoms with van der Waals surface area (Å²) in [6.45, 7) is 15.3. The Morgan fingerprint density at radius 3 is 1.49 bits per heavy atom. The number of aromatic nitrogens is 20. The molecular formula is C101H102ClF3N24O4. The average Bonchev–Trinajstić information content (AvgIpc) is 1.61. The summed E-state index contributed by atoms with van der Waals surface area (Å²) in [5, 5.41) is 38.0. The van der Waals surface area contributed by atoms with E-state index in [-0.39, 0.29) is 24.2 Å². The lowest BCUT2D eigenvalue weighted by Crippen LogP contribution is -2.19. The van der Waals surface area contributed by atoms with Gasteiger partial charge in [0.1, 0.15) is 36.9 Å². The summed E-state index contributed by atoms with van der Waals surface area (Å²) in [4.78, 5) is 17.8. The van der Waals surface area contributed by atoms with Gasteiger partial charge in [-0.15, -0.1) is 0 Å². The zero-order valence-electron chi connectivity index (χ0n) is 75.3. The monoisotopic (exact) mass is 1810 g/mol. The van der Waals surface area contributed by atoms with Crippen molar-refractivity contribution >= 4 is 34.9 Å². The summed E-state index contributed by atoms with van der Waals surface area (Å²) < 4.78 is 82.4. The molecule has 16 aromatic rings. The van der Waals surface area contributed by atoms with Crippen molar-refractivity contribution < 1.29 is 32.1 Å². The molecule has 28 nitrogen and oxygen atoms in total. The van der Waals surface area contributed by atoms with Gasteiger partial charge in [-0.05, 0) is 184 Å². The third-order valence-electron chi connectivity index (χ3n) is 26.4. The number of ether oxygens (including phenoxy) is 4. The van der Waals surface area contributed by atoms with Crippen LogP contribution in [0.2, 0.25) is 5.15 Å². The molecule has 4 saturated carbocycles. The second-order valence-corrected chi connectivity index (χ2v) is 37.0. The molecule has 4 aliphatic carbocycles. The van der Waals surface area contributed by atoms with E-state index in [1.165, 1.54) is 68.7 Å². The standard InChI is InChI=1S/C26H27ClN6O.C25H24F2N6O.C25H25FN6O.C25H26N6O/c1-14-4-7-19-20(8-14)15(2)34-22-10-17(11-29-26(22)28)24-21(9-18-13-32(3)30-23(18)19)25(27)31-33(24)12-16-5-6-16;1-14-2-5-21-18(6-14)13-34-22-8-17(10-29-25(22)28)23-16(11-30-32(23)12-15-3-4-15)7-19-9-20(24(26)27)31-33(19)21;1-14-21-10-18(26)6-7-20(21)24-16(12-29-31(24)2)8-15-13-30-32(19-4-3-5-19)23(15)17-9-22(33-14)25(27)28-11-17;1-15-3-6-22-20(7-15)14-32-23-10-19(11-27-25(23)26)24-18(9-21-8-16(2)29-31(21)22)12-28-30(24)13-17-4-5-17/h4,7-8,10-11,13,15-16H,5-6,9,12H2,1-3H3,(H2,28,29);2,5-6,8-11,15,24H,3-4,7,12-13H2,1H3,(H2,28,29);6-7,9-14,19H,3-5,8H2,1-2H3,(H2,27,28);3,6-8,10-12,17H,4-5,9,13-14H2,1-2H3,(H2,26,27)/t15-;;14-;/m1.1./s1. The predicted molar refractivity (Wildman–Crippen MR) is 502 cm³/mol. The minimum absolute atomic E-state index is 0.198. The molecule has 678 valence electrons. The first-order valence-electron chi connectivity index (χ1n) is 45.5. The molecule has 8 aliphatic rings. The number of alkyl halides is 2. The molecule has 12 aromatic heterocycles. The van der Waals surface area contributed by atoms with E-state index in [9.17, 15) is 13.2 Å². The molecule has 0 amide bonds. The maximum absolute atomic E-state index is 14.3. The number of fused-ring (bicyclic) bond motifs is 28. The van der Waals surface area contributed by atoms with Gasteiger partial charge in [-0.2, -0.15) is 40.8 Å². The Bertz CT molecular complexity index is 7190. The number of anilines is 4. The van der Waals surface area contributed by atoms with Gasteiger partial charge in [0.2, 0.25) is 0 Å². The van der Waals surface area contributed by atoms with Crippen LogP contribution in [0.1, 0.15) is 191 Å². The Balaban J connectivity index is 0.000000107. The van der Waals surface area contributed by atoms with Crippen LogP contribution in [0.25, 0.3) is 78.9 Å². The molecule has 4 aromatic carbocycles. The lowest BCUT2D eigenvalue weighted by molar-refractivity contribution is 0.145. The highest BCUT2D eigenvalue weighted by molar-refractivity contribution is 6.30. The van der Waals surface area contributed by atoms with Crippen molar-refractivity contribution in [1.29, 1.82) is 0 Å². The van der Waals surface area contributed by atoms with Crippen LogP contribution in [0, 0.1) is 51.3 Å². The second kappa shape index (κ2) is 34.7. The summed E-state index contributed by atoms with van der Waals surface area (Å²) in [6, 6.07) is 35.2. The normalized spacial score (nSPS) is 16.2. The number of aryl methyl sites for hydroxylation is 6. The topological polar surface area (TPSA) is 335 Å². The fraction of sp³-hybridized carbons (Fsp3) is 0.327. The number of nitrogens with two attached hydrogens (primary N) is 4. The highest BCUT2D eigenvalue weighted by atomic mass is 35.5. The first kappa shape index (κ1) is 85.4. The Kier molecular flexibility index (Phi) is 22.3. The number of nitrogens with zero attached hydrogens (tertiary/aromatic N) is 20. The number of benzene rings is 4. The number of pyridine rings is 4. The van der Waals surface area contributed by atoms with Crippen molar-refractivity contribution in [2.75, 3.05) is 22.9 Å². The van der Waals surface area contributed by atoms with Gasteiger partial charge < -0.3 is 41.9 Å². The summed E-state index contributed by atoms with van der Waals surface area (Å²) in [5.74, 6) is 5.10. The first-order chi connectivity index (χ1) is 64.4. The van der Waals surface area contributed by atoms with Crippen molar-refractivity contribution in [3.63, 3.8) is 0 Å². The zero-order valence-corrected chi connectivity index (χ0v) is 76.0.